The summed E-state index contributed by atoms with van der Waals surface area (Å²) < 4.78 is 6.56. The normalized spacial score (nSPS) is 12.2. The highest BCUT2D eigenvalue weighted by atomic mass is 16.5. The Kier molecular flexibility index (Phi) is 7.84. The molecule has 0 bridgehead atoms. The van der Waals surface area contributed by atoms with E-state index in [1.807, 2.05) is 45.0 Å². The smallest absolute Gasteiger partial charge is 0.327 e. The SMILES string of the molecule is CCOC(=O)Cn1nnnc1[C@@H](CC)N(Cc1cccnc1)Cc1cc2c(C)cc(C)cc2[nH]c1=O. The highest BCUT2D eigenvalue weighted by Gasteiger charge is 2.27. The molecule has 0 unspecified atom stereocenters. The van der Waals surface area contributed by atoms with Crippen LogP contribution in [-0.4, -0.2) is 47.7 Å². The second kappa shape index (κ2) is 11.2. The minimum atomic E-state index is -0.406. The van der Waals surface area contributed by atoms with E-state index in [1.54, 1.807) is 19.3 Å². The Balaban J connectivity index is 1.73. The van der Waals surface area contributed by atoms with Crippen LogP contribution in [0.1, 0.15) is 54.4 Å². The van der Waals surface area contributed by atoms with Crippen LogP contribution < -0.4 is 5.56 Å². The molecule has 10 nitrogen and oxygen atoms in total. The Morgan fingerprint density at radius 3 is 2.75 bits per heavy atom. The van der Waals surface area contributed by atoms with Gasteiger partial charge in [0.15, 0.2) is 5.82 Å². The molecule has 0 aliphatic heterocycles. The number of H-pyrrole nitrogens is 1. The maximum absolute atomic E-state index is 13.1. The quantitative estimate of drug-likeness (QED) is 0.337. The van der Waals surface area contributed by atoms with Crippen LogP contribution in [-0.2, 0) is 29.2 Å². The summed E-state index contributed by atoms with van der Waals surface area (Å²) in [7, 11) is 0. The van der Waals surface area contributed by atoms with Crippen molar-refractivity contribution in [3.05, 3.63) is 81.2 Å². The largest absolute Gasteiger partial charge is 0.465 e. The predicted molar refractivity (Wildman–Crippen MR) is 135 cm³/mol. The summed E-state index contributed by atoms with van der Waals surface area (Å²) in [6.07, 6.45) is 4.19. The third-order valence-corrected chi connectivity index (χ3v) is 6.14. The number of ether oxygens (including phenoxy) is 1. The van der Waals surface area contributed by atoms with Crippen LogP contribution in [0.5, 0.6) is 0 Å². The third-order valence-electron chi connectivity index (χ3n) is 6.14. The molecule has 0 saturated carbocycles. The van der Waals surface area contributed by atoms with E-state index in [0.717, 1.165) is 27.6 Å². The fraction of sp³-hybridized carbons (Fsp3) is 0.385. The minimum absolute atomic E-state index is 0.0808. The first-order valence-corrected chi connectivity index (χ1v) is 12.1. The maximum atomic E-state index is 13.1. The number of nitrogens with zero attached hydrogens (tertiary/aromatic N) is 6. The van der Waals surface area contributed by atoms with Crippen molar-refractivity contribution in [1.82, 2.24) is 35.1 Å². The molecule has 36 heavy (non-hydrogen) atoms. The summed E-state index contributed by atoms with van der Waals surface area (Å²) in [4.78, 5) is 34.7. The van der Waals surface area contributed by atoms with Gasteiger partial charge in [-0.25, -0.2) is 4.68 Å². The fourth-order valence-corrected chi connectivity index (χ4v) is 4.55. The lowest BCUT2D eigenvalue weighted by atomic mass is 10.0. The number of aromatic nitrogens is 6. The molecule has 1 N–H and O–H groups in total. The standard InChI is InChI=1S/C26H31N7O3/c1-5-23(25-29-30-31-33(25)16-24(34)36-6-2)32(14-19-8-7-9-27-13-19)15-20-12-21-18(4)10-17(3)11-22(21)28-26(20)35/h7-13,23H,5-6,14-16H2,1-4H3,(H,28,35)/t23-/m1/s1. The van der Waals surface area contributed by atoms with Gasteiger partial charge in [-0.3, -0.25) is 19.5 Å². The number of esters is 1. The number of hydrogen-bond acceptors (Lipinski definition) is 8. The van der Waals surface area contributed by atoms with E-state index in [2.05, 4.69) is 36.5 Å². The number of hydrogen-bond donors (Lipinski definition) is 1. The molecular weight excluding hydrogens is 458 g/mol. The molecule has 4 rings (SSSR count). The number of pyridine rings is 2. The van der Waals surface area contributed by atoms with Gasteiger partial charge in [-0.1, -0.05) is 19.1 Å². The molecule has 0 fully saturated rings. The molecule has 0 spiro atoms. The molecule has 4 aromatic rings. The number of carbonyl (C=O) groups excluding carboxylic acids is 1. The first-order valence-electron chi connectivity index (χ1n) is 12.1. The van der Waals surface area contributed by atoms with E-state index in [0.29, 0.717) is 30.9 Å². The Morgan fingerprint density at radius 1 is 1.19 bits per heavy atom. The van der Waals surface area contributed by atoms with Crippen molar-refractivity contribution in [2.24, 2.45) is 0 Å². The molecule has 0 aliphatic rings. The molecule has 1 atom stereocenters. The molecular formula is C26H31N7O3. The minimum Gasteiger partial charge on any atom is -0.465 e. The van der Waals surface area contributed by atoms with Crippen LogP contribution in [0.4, 0.5) is 0 Å². The van der Waals surface area contributed by atoms with Crippen LogP contribution in [0.25, 0.3) is 10.9 Å². The number of nitrogens with one attached hydrogen (secondary N) is 1. The predicted octanol–water partition coefficient (Wildman–Crippen LogP) is 3.24. The molecule has 0 amide bonds. The van der Waals surface area contributed by atoms with Crippen molar-refractivity contribution in [1.29, 1.82) is 0 Å². The van der Waals surface area contributed by atoms with Crippen LogP contribution in [0.15, 0.2) is 47.5 Å². The topological polar surface area (TPSA) is 119 Å². The van der Waals surface area contributed by atoms with Gasteiger partial charge < -0.3 is 9.72 Å². The third kappa shape index (κ3) is 5.65. The van der Waals surface area contributed by atoms with Crippen molar-refractivity contribution in [2.75, 3.05) is 6.61 Å². The molecule has 0 aliphatic carbocycles. The summed E-state index contributed by atoms with van der Waals surface area (Å²) in [6, 6.07) is 9.67. The van der Waals surface area contributed by atoms with Crippen LogP contribution in [0.2, 0.25) is 0 Å². The van der Waals surface area contributed by atoms with Crippen molar-refractivity contribution in [3.63, 3.8) is 0 Å². The van der Waals surface area contributed by atoms with Gasteiger partial charge in [0, 0.05) is 41.9 Å². The number of tetrazole rings is 1. The number of aryl methyl sites for hydroxylation is 2. The highest BCUT2D eigenvalue weighted by Crippen LogP contribution is 2.27. The molecule has 188 valence electrons. The van der Waals surface area contributed by atoms with Crippen LogP contribution in [0.3, 0.4) is 0 Å². The Hall–Kier alpha value is -3.92. The van der Waals surface area contributed by atoms with E-state index >= 15 is 0 Å². The summed E-state index contributed by atoms with van der Waals surface area (Å²) in [5.41, 5.74) is 4.52. The summed E-state index contributed by atoms with van der Waals surface area (Å²) in [5.74, 6) is 0.134. The lowest BCUT2D eigenvalue weighted by Gasteiger charge is -2.30. The van der Waals surface area contributed by atoms with Gasteiger partial charge in [0.25, 0.3) is 5.56 Å². The average molecular weight is 490 g/mol. The fourth-order valence-electron chi connectivity index (χ4n) is 4.55. The van der Waals surface area contributed by atoms with Crippen LogP contribution in [0, 0.1) is 13.8 Å². The van der Waals surface area contributed by atoms with Crippen LogP contribution >= 0.6 is 0 Å². The van der Waals surface area contributed by atoms with Crippen molar-refractivity contribution in [3.8, 4) is 0 Å². The molecule has 10 heteroatoms. The van der Waals surface area contributed by atoms with Gasteiger partial charge in [0.2, 0.25) is 0 Å². The summed E-state index contributed by atoms with van der Waals surface area (Å²) >= 11 is 0. The molecule has 0 saturated heterocycles. The Morgan fingerprint density at radius 2 is 2.03 bits per heavy atom. The van der Waals surface area contributed by atoms with E-state index < -0.39 is 5.97 Å². The zero-order valence-corrected chi connectivity index (χ0v) is 21.1. The monoisotopic (exact) mass is 489 g/mol. The van der Waals surface area contributed by atoms with Crippen molar-refractivity contribution < 1.29 is 9.53 Å². The zero-order valence-electron chi connectivity index (χ0n) is 21.1. The first-order chi connectivity index (χ1) is 17.4. The molecule has 1 aromatic carbocycles. The number of carbonyl (C=O) groups is 1. The van der Waals surface area contributed by atoms with E-state index in [4.69, 9.17) is 4.74 Å². The van der Waals surface area contributed by atoms with Gasteiger partial charge in [0.1, 0.15) is 6.54 Å². The van der Waals surface area contributed by atoms with Crippen molar-refractivity contribution in [2.45, 2.75) is 59.8 Å². The number of fused-ring (bicyclic) bond motifs is 1. The van der Waals surface area contributed by atoms with Gasteiger partial charge in [0.05, 0.1) is 12.6 Å². The summed E-state index contributed by atoms with van der Waals surface area (Å²) in [6.45, 7) is 8.92. The van der Waals surface area contributed by atoms with Crippen molar-refractivity contribution >= 4 is 16.9 Å². The van der Waals surface area contributed by atoms with Gasteiger partial charge >= 0.3 is 5.97 Å². The first kappa shape index (κ1) is 25.2. The molecule has 0 radical (unpaired) electrons. The highest BCUT2D eigenvalue weighted by molar-refractivity contribution is 5.83. The van der Waals surface area contributed by atoms with Gasteiger partial charge in [-0.15, -0.1) is 5.10 Å². The number of benzene rings is 1. The molecule has 3 heterocycles. The molecule has 3 aromatic heterocycles. The van der Waals surface area contributed by atoms with E-state index in [1.165, 1.54) is 4.68 Å². The zero-order chi connectivity index (χ0) is 25.7. The second-order valence-electron chi connectivity index (χ2n) is 8.86. The van der Waals surface area contributed by atoms with Gasteiger partial charge in [-0.05, 0) is 72.5 Å². The number of rotatable bonds is 10. The maximum Gasteiger partial charge on any atom is 0.327 e. The Bertz CT molecular complexity index is 1400. The summed E-state index contributed by atoms with van der Waals surface area (Å²) in [5, 5.41) is 13.1. The number of aromatic amines is 1. The average Bonchev–Trinajstić information content (AvgIpc) is 3.28. The van der Waals surface area contributed by atoms with E-state index in [9.17, 15) is 9.59 Å². The second-order valence-corrected chi connectivity index (χ2v) is 8.86. The lowest BCUT2D eigenvalue weighted by molar-refractivity contribution is -0.144. The van der Waals surface area contributed by atoms with Gasteiger partial charge in [-0.2, -0.15) is 0 Å². The Labute approximate surface area is 209 Å². The van der Waals surface area contributed by atoms with E-state index in [-0.39, 0.29) is 24.8 Å². The lowest BCUT2D eigenvalue weighted by Crippen LogP contribution is -2.33.